The van der Waals surface area contributed by atoms with Gasteiger partial charge in [0.05, 0.1) is 10.9 Å². The molecule has 0 saturated heterocycles. The molecular weight excluding hydrogens is 373 g/mol. The standard InChI is InChI=1S/C15H10BrCl2N3/c16-10-6-7-13(18)12(8-10)15-20-19-14(9-17)21(15)11-4-2-1-3-5-11/h1-8H,9H2. The molecule has 21 heavy (non-hydrogen) atoms. The number of nitrogens with zero attached hydrogens (tertiary/aromatic N) is 3. The van der Waals surface area contributed by atoms with Gasteiger partial charge in [0.1, 0.15) is 0 Å². The van der Waals surface area contributed by atoms with Crippen molar-refractivity contribution in [3.8, 4) is 17.1 Å². The third kappa shape index (κ3) is 2.84. The molecule has 0 spiro atoms. The van der Waals surface area contributed by atoms with E-state index in [1.54, 1.807) is 0 Å². The van der Waals surface area contributed by atoms with Gasteiger partial charge in [-0.05, 0) is 30.3 Å². The van der Waals surface area contributed by atoms with E-state index in [0.29, 0.717) is 16.7 Å². The Bertz CT molecular complexity index is 772. The largest absolute Gasteiger partial charge is 0.278 e. The third-order valence-corrected chi connectivity index (χ3v) is 4.10. The second-order valence-corrected chi connectivity index (χ2v) is 5.96. The summed E-state index contributed by atoms with van der Waals surface area (Å²) in [4.78, 5) is 0. The molecule has 0 radical (unpaired) electrons. The Kier molecular flexibility index (Phi) is 4.29. The number of benzene rings is 2. The molecule has 3 aromatic rings. The van der Waals surface area contributed by atoms with Crippen LogP contribution in [-0.4, -0.2) is 14.8 Å². The van der Waals surface area contributed by atoms with Gasteiger partial charge >= 0.3 is 0 Å². The van der Waals surface area contributed by atoms with Crippen LogP contribution >= 0.6 is 39.1 Å². The lowest BCUT2D eigenvalue weighted by Gasteiger charge is -2.10. The summed E-state index contributed by atoms with van der Waals surface area (Å²) >= 11 is 15.8. The van der Waals surface area contributed by atoms with Gasteiger partial charge in [0.25, 0.3) is 0 Å². The zero-order valence-electron chi connectivity index (χ0n) is 10.8. The van der Waals surface area contributed by atoms with E-state index in [4.69, 9.17) is 23.2 Å². The number of rotatable bonds is 3. The number of halogens is 3. The molecule has 0 aliphatic rings. The summed E-state index contributed by atoms with van der Waals surface area (Å²) in [5.41, 5.74) is 1.75. The topological polar surface area (TPSA) is 30.7 Å². The van der Waals surface area contributed by atoms with Gasteiger partial charge < -0.3 is 0 Å². The Morgan fingerprint density at radius 2 is 1.81 bits per heavy atom. The fourth-order valence-electron chi connectivity index (χ4n) is 2.09. The average molecular weight is 383 g/mol. The summed E-state index contributed by atoms with van der Waals surface area (Å²) in [5.74, 6) is 1.62. The van der Waals surface area contributed by atoms with Gasteiger partial charge in [0, 0.05) is 15.7 Å². The predicted octanol–water partition coefficient (Wildman–Crippen LogP) is 5.09. The summed E-state index contributed by atoms with van der Waals surface area (Å²) in [5, 5.41) is 9.04. The second kappa shape index (κ2) is 6.18. The van der Waals surface area contributed by atoms with Crippen LogP contribution in [0.15, 0.2) is 53.0 Å². The highest BCUT2D eigenvalue weighted by atomic mass is 79.9. The molecule has 0 aliphatic heterocycles. The Balaban J connectivity index is 2.25. The van der Waals surface area contributed by atoms with Crippen LogP contribution < -0.4 is 0 Å². The van der Waals surface area contributed by atoms with Crippen molar-refractivity contribution in [3.05, 3.63) is 63.9 Å². The molecule has 3 nitrogen and oxygen atoms in total. The number of aromatic nitrogens is 3. The molecule has 2 aromatic carbocycles. The Morgan fingerprint density at radius 1 is 1.05 bits per heavy atom. The number of hydrogen-bond acceptors (Lipinski definition) is 2. The van der Waals surface area contributed by atoms with E-state index in [1.165, 1.54) is 0 Å². The molecule has 3 rings (SSSR count). The quantitative estimate of drug-likeness (QED) is 0.590. The first-order chi connectivity index (χ1) is 10.2. The van der Waals surface area contributed by atoms with E-state index >= 15 is 0 Å². The summed E-state index contributed by atoms with van der Waals surface area (Å²) in [7, 11) is 0. The Morgan fingerprint density at radius 3 is 2.52 bits per heavy atom. The fraction of sp³-hybridized carbons (Fsp3) is 0.0667. The maximum absolute atomic E-state index is 6.31. The normalized spacial score (nSPS) is 10.8. The Labute approximate surface area is 140 Å². The van der Waals surface area contributed by atoms with Crippen LogP contribution in [0, 0.1) is 0 Å². The highest BCUT2D eigenvalue weighted by Gasteiger charge is 2.17. The van der Waals surface area contributed by atoms with Gasteiger partial charge in [-0.25, -0.2) is 0 Å². The zero-order valence-corrected chi connectivity index (χ0v) is 13.9. The lowest BCUT2D eigenvalue weighted by Crippen LogP contribution is -2.01. The first-order valence-corrected chi connectivity index (χ1v) is 7.92. The molecule has 0 amide bonds. The summed E-state index contributed by atoms with van der Waals surface area (Å²) < 4.78 is 2.85. The van der Waals surface area contributed by atoms with Crippen molar-refractivity contribution >= 4 is 39.1 Å². The number of hydrogen-bond donors (Lipinski definition) is 0. The molecule has 0 unspecified atom stereocenters. The van der Waals surface area contributed by atoms with E-state index in [9.17, 15) is 0 Å². The van der Waals surface area contributed by atoms with Crippen molar-refractivity contribution in [3.63, 3.8) is 0 Å². The molecule has 0 fully saturated rings. The molecule has 0 atom stereocenters. The fourth-order valence-corrected chi connectivity index (χ4v) is 2.83. The molecule has 0 N–H and O–H groups in total. The average Bonchev–Trinajstić information content (AvgIpc) is 2.94. The van der Waals surface area contributed by atoms with Crippen LogP contribution in [0.5, 0.6) is 0 Å². The van der Waals surface area contributed by atoms with Gasteiger partial charge in [-0.3, -0.25) is 4.57 Å². The summed E-state index contributed by atoms with van der Waals surface area (Å²) in [6.45, 7) is 0. The predicted molar refractivity (Wildman–Crippen MR) is 89.1 cm³/mol. The van der Waals surface area contributed by atoms with Crippen LogP contribution in [0.1, 0.15) is 5.82 Å². The second-order valence-electron chi connectivity index (χ2n) is 4.37. The van der Waals surface area contributed by atoms with E-state index < -0.39 is 0 Å². The zero-order chi connectivity index (χ0) is 14.8. The SMILES string of the molecule is ClCc1nnc(-c2cc(Br)ccc2Cl)n1-c1ccccc1. The van der Waals surface area contributed by atoms with Crippen molar-refractivity contribution in [2.75, 3.05) is 0 Å². The van der Waals surface area contributed by atoms with Gasteiger partial charge in [-0.2, -0.15) is 0 Å². The highest BCUT2D eigenvalue weighted by molar-refractivity contribution is 9.10. The lowest BCUT2D eigenvalue weighted by molar-refractivity contribution is 0.953. The summed E-state index contributed by atoms with van der Waals surface area (Å²) in [6, 6.07) is 15.5. The Hall–Kier alpha value is -1.36. The molecule has 1 aromatic heterocycles. The molecule has 1 heterocycles. The van der Waals surface area contributed by atoms with Crippen molar-refractivity contribution in [1.29, 1.82) is 0 Å². The van der Waals surface area contributed by atoms with Crippen molar-refractivity contribution in [1.82, 2.24) is 14.8 Å². The molecular formula is C15H10BrCl2N3. The maximum Gasteiger partial charge on any atom is 0.170 e. The van der Waals surface area contributed by atoms with Crippen LogP contribution in [0.25, 0.3) is 17.1 Å². The minimum atomic E-state index is 0.271. The van der Waals surface area contributed by atoms with E-state index in [0.717, 1.165) is 15.7 Å². The molecule has 106 valence electrons. The smallest absolute Gasteiger partial charge is 0.170 e. The molecule has 6 heteroatoms. The van der Waals surface area contributed by atoms with E-state index in [2.05, 4.69) is 26.1 Å². The molecule has 0 saturated carbocycles. The van der Waals surface area contributed by atoms with Crippen LogP contribution in [-0.2, 0) is 5.88 Å². The minimum absolute atomic E-state index is 0.271. The minimum Gasteiger partial charge on any atom is -0.278 e. The van der Waals surface area contributed by atoms with Gasteiger partial charge in [0.15, 0.2) is 11.6 Å². The number of para-hydroxylation sites is 1. The van der Waals surface area contributed by atoms with Crippen LogP contribution in [0.2, 0.25) is 5.02 Å². The molecule has 0 aliphatic carbocycles. The van der Waals surface area contributed by atoms with Crippen LogP contribution in [0.4, 0.5) is 0 Å². The number of alkyl halides is 1. The van der Waals surface area contributed by atoms with Gasteiger partial charge in [0.2, 0.25) is 0 Å². The summed E-state index contributed by atoms with van der Waals surface area (Å²) in [6.07, 6.45) is 0. The van der Waals surface area contributed by atoms with Gasteiger partial charge in [-0.1, -0.05) is 45.7 Å². The third-order valence-electron chi connectivity index (χ3n) is 3.03. The monoisotopic (exact) mass is 381 g/mol. The van der Waals surface area contributed by atoms with E-state index in [1.807, 2.05) is 53.1 Å². The van der Waals surface area contributed by atoms with Crippen molar-refractivity contribution in [2.45, 2.75) is 5.88 Å². The van der Waals surface area contributed by atoms with Crippen molar-refractivity contribution < 1.29 is 0 Å². The highest BCUT2D eigenvalue weighted by Crippen LogP contribution is 2.31. The first kappa shape index (κ1) is 14.6. The lowest BCUT2D eigenvalue weighted by atomic mass is 10.2. The first-order valence-electron chi connectivity index (χ1n) is 6.22. The maximum atomic E-state index is 6.31. The van der Waals surface area contributed by atoms with E-state index in [-0.39, 0.29) is 5.88 Å². The van der Waals surface area contributed by atoms with Crippen molar-refractivity contribution in [2.24, 2.45) is 0 Å². The van der Waals surface area contributed by atoms with Gasteiger partial charge in [-0.15, -0.1) is 21.8 Å². The van der Waals surface area contributed by atoms with Crippen LogP contribution in [0.3, 0.4) is 0 Å². The molecule has 0 bridgehead atoms.